The second-order valence-electron chi connectivity index (χ2n) is 11.4. The first-order valence-corrected chi connectivity index (χ1v) is 15.5. The zero-order chi connectivity index (χ0) is 32.9. The van der Waals surface area contributed by atoms with Gasteiger partial charge in [-0.25, -0.2) is 4.79 Å². The molecule has 4 unspecified atom stereocenters. The molecule has 0 aliphatic heterocycles. The van der Waals surface area contributed by atoms with E-state index in [0.29, 0.717) is 19.4 Å². The SMILES string of the molecule is NCCCCC(NC(=O)C(Cc1c[nH]c2ccccc12)NC(=O)C(Cc1ccccc1)NC(=O)C(N)Cc1ccccc1)C(=O)O. The number of rotatable bonds is 17. The van der Waals surface area contributed by atoms with Crippen molar-refractivity contribution in [2.75, 3.05) is 6.54 Å². The number of amides is 3. The summed E-state index contributed by atoms with van der Waals surface area (Å²) in [6.45, 7) is 0.406. The van der Waals surface area contributed by atoms with Gasteiger partial charge in [0.15, 0.2) is 0 Å². The van der Waals surface area contributed by atoms with Crippen LogP contribution in [0.2, 0.25) is 0 Å². The molecule has 4 atom stereocenters. The lowest BCUT2D eigenvalue weighted by atomic mass is 10.0. The summed E-state index contributed by atoms with van der Waals surface area (Å²) in [7, 11) is 0. The van der Waals surface area contributed by atoms with Crippen LogP contribution in [0.25, 0.3) is 10.9 Å². The summed E-state index contributed by atoms with van der Waals surface area (Å²) in [4.78, 5) is 56.0. The Balaban J connectivity index is 1.57. The van der Waals surface area contributed by atoms with E-state index >= 15 is 0 Å². The molecular formula is C35H42N6O5. The summed E-state index contributed by atoms with van der Waals surface area (Å²) < 4.78 is 0. The Morgan fingerprint density at radius 1 is 0.674 bits per heavy atom. The quantitative estimate of drug-likeness (QED) is 0.0873. The summed E-state index contributed by atoms with van der Waals surface area (Å²) in [6, 6.07) is 21.8. The average Bonchev–Trinajstić information content (AvgIpc) is 3.47. The molecule has 0 spiro atoms. The zero-order valence-electron chi connectivity index (χ0n) is 25.7. The van der Waals surface area contributed by atoms with Crippen molar-refractivity contribution >= 4 is 34.6 Å². The number of carbonyl (C=O) groups excluding carboxylic acids is 3. The van der Waals surface area contributed by atoms with Crippen LogP contribution in [0, 0.1) is 0 Å². The zero-order valence-corrected chi connectivity index (χ0v) is 25.7. The first-order chi connectivity index (χ1) is 22.2. The van der Waals surface area contributed by atoms with Crippen molar-refractivity contribution in [2.24, 2.45) is 11.5 Å². The van der Waals surface area contributed by atoms with Crippen LogP contribution in [-0.2, 0) is 38.4 Å². The molecule has 242 valence electrons. The third-order valence-electron chi connectivity index (χ3n) is 7.84. The maximum absolute atomic E-state index is 13.9. The molecule has 0 aliphatic rings. The standard InChI is InChI=1S/C35H42N6O5/c36-18-10-9-17-29(35(45)46)39-34(44)31(21-25-22-38-28-16-8-7-15-26(25)28)41-33(43)30(20-24-13-5-2-6-14-24)40-32(42)27(37)19-23-11-3-1-4-12-23/h1-8,11-16,22,27,29-31,38H,9-10,17-21,36-37H2,(H,39,44)(H,40,42)(H,41,43)(H,45,46). The number of nitrogens with two attached hydrogens (primary N) is 2. The number of carboxylic acids is 1. The molecule has 0 saturated carbocycles. The molecule has 4 aromatic rings. The van der Waals surface area contributed by atoms with Gasteiger partial charge in [0, 0.05) is 29.9 Å². The first-order valence-electron chi connectivity index (χ1n) is 15.5. The third-order valence-corrected chi connectivity index (χ3v) is 7.84. The number of unbranched alkanes of at least 4 members (excludes halogenated alkanes) is 1. The minimum Gasteiger partial charge on any atom is -0.480 e. The lowest BCUT2D eigenvalue weighted by Crippen LogP contribution is -2.58. The number of para-hydroxylation sites is 1. The number of aliphatic carboxylic acids is 1. The number of hydrogen-bond acceptors (Lipinski definition) is 6. The van der Waals surface area contributed by atoms with Gasteiger partial charge in [0.1, 0.15) is 18.1 Å². The number of nitrogens with one attached hydrogen (secondary N) is 4. The van der Waals surface area contributed by atoms with Crippen molar-refractivity contribution in [3.05, 3.63) is 108 Å². The van der Waals surface area contributed by atoms with Gasteiger partial charge in [0.2, 0.25) is 17.7 Å². The van der Waals surface area contributed by atoms with Crippen molar-refractivity contribution in [1.29, 1.82) is 0 Å². The van der Waals surface area contributed by atoms with Crippen molar-refractivity contribution in [3.63, 3.8) is 0 Å². The fourth-order valence-electron chi connectivity index (χ4n) is 5.32. The number of aromatic amines is 1. The highest BCUT2D eigenvalue weighted by Gasteiger charge is 2.31. The largest absolute Gasteiger partial charge is 0.480 e. The number of carboxylic acid groups (broad SMARTS) is 1. The molecule has 11 nitrogen and oxygen atoms in total. The van der Waals surface area contributed by atoms with Gasteiger partial charge in [-0.15, -0.1) is 0 Å². The minimum atomic E-state index is -1.18. The maximum atomic E-state index is 13.9. The molecule has 46 heavy (non-hydrogen) atoms. The summed E-state index contributed by atoms with van der Waals surface area (Å²) in [6.07, 6.45) is 3.59. The second-order valence-corrected chi connectivity index (χ2v) is 11.4. The van der Waals surface area contributed by atoms with Gasteiger partial charge < -0.3 is 37.5 Å². The Hall–Kier alpha value is -5.00. The summed E-state index contributed by atoms with van der Waals surface area (Å²) in [5.41, 5.74) is 15.1. The van der Waals surface area contributed by atoms with E-state index in [2.05, 4.69) is 20.9 Å². The predicted molar refractivity (Wildman–Crippen MR) is 177 cm³/mol. The Labute approximate surface area is 268 Å². The van der Waals surface area contributed by atoms with Crippen molar-refractivity contribution < 1.29 is 24.3 Å². The van der Waals surface area contributed by atoms with Gasteiger partial charge in [-0.1, -0.05) is 78.9 Å². The molecule has 1 heterocycles. The Morgan fingerprint density at radius 3 is 1.85 bits per heavy atom. The lowest BCUT2D eigenvalue weighted by molar-refractivity contribution is -0.142. The molecular weight excluding hydrogens is 584 g/mol. The van der Waals surface area contributed by atoms with E-state index in [-0.39, 0.29) is 25.7 Å². The van der Waals surface area contributed by atoms with Crippen LogP contribution in [0.4, 0.5) is 0 Å². The molecule has 0 saturated heterocycles. The number of hydrogen-bond donors (Lipinski definition) is 7. The molecule has 1 aromatic heterocycles. The number of carbonyl (C=O) groups is 4. The average molecular weight is 627 g/mol. The smallest absolute Gasteiger partial charge is 0.326 e. The van der Waals surface area contributed by atoms with Crippen LogP contribution < -0.4 is 27.4 Å². The number of H-pyrrole nitrogens is 1. The number of benzene rings is 3. The molecule has 9 N–H and O–H groups in total. The summed E-state index contributed by atoms with van der Waals surface area (Å²) in [5, 5.41) is 18.9. The Kier molecular flexibility index (Phi) is 12.4. The monoisotopic (exact) mass is 626 g/mol. The van der Waals surface area contributed by atoms with Gasteiger partial charge in [-0.2, -0.15) is 0 Å². The van der Waals surface area contributed by atoms with Crippen molar-refractivity contribution in [1.82, 2.24) is 20.9 Å². The van der Waals surface area contributed by atoms with E-state index in [4.69, 9.17) is 11.5 Å². The van der Waals surface area contributed by atoms with Crippen LogP contribution in [0.1, 0.15) is 36.0 Å². The molecule has 3 aromatic carbocycles. The first kappa shape index (κ1) is 33.9. The molecule has 3 amide bonds. The van der Waals surface area contributed by atoms with Gasteiger partial charge in [0.05, 0.1) is 6.04 Å². The van der Waals surface area contributed by atoms with E-state index < -0.39 is 47.9 Å². The van der Waals surface area contributed by atoms with Gasteiger partial charge in [-0.3, -0.25) is 14.4 Å². The summed E-state index contributed by atoms with van der Waals surface area (Å²) >= 11 is 0. The van der Waals surface area contributed by atoms with Gasteiger partial charge in [0.25, 0.3) is 0 Å². The van der Waals surface area contributed by atoms with Crippen LogP contribution >= 0.6 is 0 Å². The molecule has 0 radical (unpaired) electrons. The summed E-state index contributed by atoms with van der Waals surface area (Å²) in [5.74, 6) is -2.93. The van der Waals surface area contributed by atoms with E-state index in [1.165, 1.54) is 0 Å². The highest BCUT2D eigenvalue weighted by atomic mass is 16.4. The van der Waals surface area contributed by atoms with Crippen LogP contribution in [-0.4, -0.2) is 64.5 Å². The van der Waals surface area contributed by atoms with Crippen LogP contribution in [0.5, 0.6) is 0 Å². The highest BCUT2D eigenvalue weighted by molar-refractivity contribution is 5.95. The van der Waals surface area contributed by atoms with Crippen molar-refractivity contribution in [3.8, 4) is 0 Å². The minimum absolute atomic E-state index is 0.0796. The highest BCUT2D eigenvalue weighted by Crippen LogP contribution is 2.19. The predicted octanol–water partition coefficient (Wildman–Crippen LogP) is 2.19. The maximum Gasteiger partial charge on any atom is 0.326 e. The number of fused-ring (bicyclic) bond motifs is 1. The topological polar surface area (TPSA) is 192 Å². The van der Waals surface area contributed by atoms with E-state index in [1.807, 2.05) is 84.9 Å². The van der Waals surface area contributed by atoms with Crippen LogP contribution in [0.3, 0.4) is 0 Å². The third kappa shape index (κ3) is 9.75. The van der Waals surface area contributed by atoms with E-state index in [9.17, 15) is 24.3 Å². The van der Waals surface area contributed by atoms with Gasteiger partial charge in [-0.05, 0) is 55.0 Å². The van der Waals surface area contributed by atoms with E-state index in [1.54, 1.807) is 6.20 Å². The second kappa shape index (κ2) is 16.9. The molecule has 0 aliphatic carbocycles. The van der Waals surface area contributed by atoms with Crippen molar-refractivity contribution in [2.45, 2.75) is 62.7 Å². The molecule has 0 bridgehead atoms. The molecule has 0 fully saturated rings. The van der Waals surface area contributed by atoms with E-state index in [0.717, 1.165) is 27.6 Å². The van der Waals surface area contributed by atoms with Crippen LogP contribution in [0.15, 0.2) is 91.1 Å². The fraction of sp³-hybridized carbons (Fsp3) is 0.314. The normalized spacial score (nSPS) is 13.7. The molecule has 4 rings (SSSR count). The lowest BCUT2D eigenvalue weighted by Gasteiger charge is -2.25. The number of aromatic nitrogens is 1. The fourth-order valence-corrected chi connectivity index (χ4v) is 5.32. The molecule has 11 heteroatoms. The Bertz CT molecular complexity index is 1590. The Morgan fingerprint density at radius 2 is 1.22 bits per heavy atom. The van der Waals surface area contributed by atoms with Gasteiger partial charge >= 0.3 is 5.97 Å².